The predicted molar refractivity (Wildman–Crippen MR) is 90.7 cm³/mol. The largest absolute Gasteiger partial charge is 0.396 e. The lowest BCUT2D eigenvalue weighted by atomic mass is 9.87. The van der Waals surface area contributed by atoms with Crippen LogP contribution < -0.4 is 0 Å². The molecule has 4 rings (SSSR count). The van der Waals surface area contributed by atoms with Crippen LogP contribution in [-0.2, 0) is 12.8 Å². The van der Waals surface area contributed by atoms with Crippen LogP contribution in [0.4, 0.5) is 0 Å². The summed E-state index contributed by atoms with van der Waals surface area (Å²) < 4.78 is 1.88. The molecular formula is C20H19NO2. The number of aliphatic hydroxyl groups excluding tert-OH is 1. The van der Waals surface area contributed by atoms with E-state index in [2.05, 4.69) is 6.07 Å². The molecule has 1 aliphatic carbocycles. The molecular weight excluding hydrogens is 286 g/mol. The van der Waals surface area contributed by atoms with Gasteiger partial charge in [0.1, 0.15) is 0 Å². The first-order valence-electron chi connectivity index (χ1n) is 8.11. The van der Waals surface area contributed by atoms with Crippen molar-refractivity contribution in [1.82, 2.24) is 4.57 Å². The van der Waals surface area contributed by atoms with Crippen molar-refractivity contribution in [2.45, 2.75) is 19.3 Å². The lowest BCUT2D eigenvalue weighted by Crippen LogP contribution is -2.21. The highest BCUT2D eigenvalue weighted by Crippen LogP contribution is 2.34. The zero-order chi connectivity index (χ0) is 15.8. The number of hydrogen-bond acceptors (Lipinski definition) is 2. The van der Waals surface area contributed by atoms with Crippen molar-refractivity contribution in [2.75, 3.05) is 6.61 Å². The Morgan fingerprint density at radius 2 is 1.83 bits per heavy atom. The smallest absolute Gasteiger partial charge is 0.262 e. The molecule has 0 saturated heterocycles. The van der Waals surface area contributed by atoms with E-state index in [0.717, 1.165) is 35.9 Å². The third-order valence-corrected chi connectivity index (χ3v) is 4.85. The average molecular weight is 305 g/mol. The quantitative estimate of drug-likeness (QED) is 0.788. The molecule has 3 aromatic rings. The highest BCUT2D eigenvalue weighted by molar-refractivity contribution is 6.04. The normalized spacial score (nSPS) is 17.2. The molecule has 0 amide bonds. The Kier molecular flexibility index (Phi) is 3.50. The van der Waals surface area contributed by atoms with Gasteiger partial charge in [-0.15, -0.1) is 0 Å². The first kappa shape index (κ1) is 14.2. The lowest BCUT2D eigenvalue weighted by Gasteiger charge is -2.22. The van der Waals surface area contributed by atoms with Crippen molar-refractivity contribution < 1.29 is 9.90 Å². The van der Waals surface area contributed by atoms with Crippen LogP contribution in [0.5, 0.6) is 0 Å². The maximum absolute atomic E-state index is 13.1. The van der Waals surface area contributed by atoms with E-state index in [0.29, 0.717) is 11.5 Å². The van der Waals surface area contributed by atoms with Crippen LogP contribution in [0.3, 0.4) is 0 Å². The Bertz CT molecular complexity index is 864. The minimum absolute atomic E-state index is 0.0329. The van der Waals surface area contributed by atoms with Gasteiger partial charge in [0, 0.05) is 23.3 Å². The number of aromatic nitrogens is 1. The molecule has 23 heavy (non-hydrogen) atoms. The van der Waals surface area contributed by atoms with E-state index in [1.807, 2.05) is 53.1 Å². The van der Waals surface area contributed by atoms with E-state index in [1.165, 1.54) is 5.56 Å². The first-order valence-corrected chi connectivity index (χ1v) is 8.11. The van der Waals surface area contributed by atoms with E-state index in [9.17, 15) is 9.90 Å². The van der Waals surface area contributed by atoms with E-state index in [4.69, 9.17) is 0 Å². The van der Waals surface area contributed by atoms with Crippen LogP contribution >= 0.6 is 0 Å². The summed E-state index contributed by atoms with van der Waals surface area (Å²) >= 11 is 0. The molecule has 116 valence electrons. The van der Waals surface area contributed by atoms with Crippen molar-refractivity contribution in [3.05, 3.63) is 71.4 Å². The summed E-state index contributed by atoms with van der Waals surface area (Å²) in [5, 5.41) is 10.7. The van der Waals surface area contributed by atoms with Crippen LogP contribution in [0.1, 0.15) is 28.0 Å². The number of rotatable bonds is 2. The maximum Gasteiger partial charge on any atom is 0.262 e. The Hall–Kier alpha value is -2.39. The fourth-order valence-corrected chi connectivity index (χ4v) is 3.68. The SMILES string of the molecule is O=C(c1ccccc1)n1c2c(c3ccccc31)CC(CO)CC2. The van der Waals surface area contributed by atoms with Gasteiger partial charge in [0.15, 0.2) is 0 Å². The summed E-state index contributed by atoms with van der Waals surface area (Å²) in [6, 6.07) is 17.5. The molecule has 0 aliphatic heterocycles. The molecule has 0 bridgehead atoms. The molecule has 0 saturated carbocycles. The Morgan fingerprint density at radius 3 is 2.61 bits per heavy atom. The van der Waals surface area contributed by atoms with E-state index in [-0.39, 0.29) is 12.5 Å². The number of hydrogen-bond donors (Lipinski definition) is 1. The summed E-state index contributed by atoms with van der Waals surface area (Å²) in [5.74, 6) is 0.332. The third kappa shape index (κ3) is 2.28. The van der Waals surface area contributed by atoms with Gasteiger partial charge in [-0.2, -0.15) is 0 Å². The van der Waals surface area contributed by atoms with Crippen LogP contribution in [0.2, 0.25) is 0 Å². The summed E-state index contributed by atoms with van der Waals surface area (Å²) in [5.41, 5.74) is 4.03. The van der Waals surface area contributed by atoms with Crippen molar-refractivity contribution in [1.29, 1.82) is 0 Å². The van der Waals surface area contributed by atoms with Gasteiger partial charge in [-0.25, -0.2) is 0 Å². The second kappa shape index (κ2) is 5.67. The van der Waals surface area contributed by atoms with E-state index < -0.39 is 0 Å². The molecule has 0 fully saturated rings. The maximum atomic E-state index is 13.1. The van der Waals surface area contributed by atoms with Gasteiger partial charge in [-0.1, -0.05) is 36.4 Å². The number of nitrogens with zero attached hydrogens (tertiary/aromatic N) is 1. The molecule has 0 radical (unpaired) electrons. The lowest BCUT2D eigenvalue weighted by molar-refractivity contribution is 0.0960. The fourth-order valence-electron chi connectivity index (χ4n) is 3.68. The Morgan fingerprint density at radius 1 is 1.09 bits per heavy atom. The molecule has 1 N–H and O–H groups in total. The number of para-hydroxylation sites is 1. The highest BCUT2D eigenvalue weighted by atomic mass is 16.3. The second-order valence-corrected chi connectivity index (χ2v) is 6.24. The topological polar surface area (TPSA) is 42.2 Å². The van der Waals surface area contributed by atoms with Gasteiger partial charge < -0.3 is 5.11 Å². The zero-order valence-corrected chi connectivity index (χ0v) is 12.9. The highest BCUT2D eigenvalue weighted by Gasteiger charge is 2.27. The van der Waals surface area contributed by atoms with E-state index in [1.54, 1.807) is 0 Å². The molecule has 1 aromatic heterocycles. The van der Waals surface area contributed by atoms with Gasteiger partial charge in [-0.3, -0.25) is 9.36 Å². The molecule has 1 unspecified atom stereocenters. The molecule has 3 heteroatoms. The van der Waals surface area contributed by atoms with Crippen molar-refractivity contribution in [3.8, 4) is 0 Å². The van der Waals surface area contributed by atoms with E-state index >= 15 is 0 Å². The predicted octanol–water partition coefficient (Wildman–Crippen LogP) is 3.43. The summed E-state index contributed by atoms with van der Waals surface area (Å²) in [4.78, 5) is 13.1. The Labute approximate surface area is 135 Å². The zero-order valence-electron chi connectivity index (χ0n) is 12.9. The van der Waals surface area contributed by atoms with Crippen LogP contribution in [0.25, 0.3) is 10.9 Å². The second-order valence-electron chi connectivity index (χ2n) is 6.24. The van der Waals surface area contributed by atoms with Gasteiger partial charge >= 0.3 is 0 Å². The monoisotopic (exact) mass is 305 g/mol. The van der Waals surface area contributed by atoms with Crippen molar-refractivity contribution >= 4 is 16.8 Å². The molecule has 3 nitrogen and oxygen atoms in total. The molecule has 1 heterocycles. The van der Waals surface area contributed by atoms with Crippen LogP contribution in [-0.4, -0.2) is 22.2 Å². The fraction of sp³-hybridized carbons (Fsp3) is 0.250. The first-order chi connectivity index (χ1) is 11.3. The summed E-state index contributed by atoms with van der Waals surface area (Å²) in [6.07, 6.45) is 2.62. The van der Waals surface area contributed by atoms with Gasteiger partial charge in [0.2, 0.25) is 0 Å². The van der Waals surface area contributed by atoms with Crippen molar-refractivity contribution in [2.24, 2.45) is 5.92 Å². The number of carbonyl (C=O) groups is 1. The Balaban J connectivity index is 1.92. The van der Waals surface area contributed by atoms with Gasteiger partial charge in [-0.05, 0) is 48.9 Å². The molecule has 1 atom stereocenters. The van der Waals surface area contributed by atoms with Crippen molar-refractivity contribution in [3.63, 3.8) is 0 Å². The van der Waals surface area contributed by atoms with Gasteiger partial charge in [0.25, 0.3) is 5.91 Å². The minimum atomic E-state index is 0.0329. The van der Waals surface area contributed by atoms with Gasteiger partial charge in [0.05, 0.1) is 5.52 Å². The van der Waals surface area contributed by atoms with Crippen LogP contribution in [0.15, 0.2) is 54.6 Å². The minimum Gasteiger partial charge on any atom is -0.396 e. The summed E-state index contributed by atoms with van der Waals surface area (Å²) in [6.45, 7) is 0.214. The third-order valence-electron chi connectivity index (χ3n) is 4.85. The van der Waals surface area contributed by atoms with Crippen LogP contribution in [0, 0.1) is 5.92 Å². The number of benzene rings is 2. The standard InChI is InChI=1S/C20H19NO2/c22-13-14-10-11-19-17(12-14)16-8-4-5-9-18(16)21(19)20(23)15-6-2-1-3-7-15/h1-9,14,22H,10-13H2. The number of fused-ring (bicyclic) bond motifs is 3. The molecule has 1 aliphatic rings. The number of carbonyl (C=O) groups excluding carboxylic acids is 1. The molecule has 2 aromatic carbocycles. The number of aliphatic hydroxyl groups is 1. The summed E-state index contributed by atoms with van der Waals surface area (Å²) in [7, 11) is 0. The average Bonchev–Trinajstić information content (AvgIpc) is 2.95. The molecule has 0 spiro atoms.